The number of urea groups is 1. The monoisotopic (exact) mass is 398 g/mol. The summed E-state index contributed by atoms with van der Waals surface area (Å²) in [5.41, 5.74) is 1.40. The molecule has 28 heavy (non-hydrogen) atoms. The highest BCUT2D eigenvalue weighted by Crippen LogP contribution is 2.34. The van der Waals surface area contributed by atoms with Gasteiger partial charge in [-0.2, -0.15) is 0 Å². The molecule has 7 heteroatoms. The third kappa shape index (κ3) is 3.80. The quantitative estimate of drug-likeness (QED) is 0.616. The van der Waals surface area contributed by atoms with Crippen molar-refractivity contribution in [3.8, 4) is 11.5 Å². The number of carbonyl (C=O) groups is 2. The van der Waals surface area contributed by atoms with Crippen LogP contribution in [0.1, 0.15) is 23.2 Å². The molecule has 2 amide bonds. The number of hydrogen-bond acceptors (Lipinski definition) is 5. The molecule has 0 aromatic heterocycles. The lowest BCUT2D eigenvalue weighted by atomic mass is 9.90. The van der Waals surface area contributed by atoms with Gasteiger partial charge in [-0.05, 0) is 37.3 Å². The third-order valence-corrected chi connectivity index (χ3v) is 5.87. The molecule has 0 spiro atoms. The van der Waals surface area contributed by atoms with Crippen LogP contribution in [0.15, 0.2) is 47.4 Å². The van der Waals surface area contributed by atoms with Crippen molar-refractivity contribution < 1.29 is 19.1 Å². The number of amides is 2. The molecular formula is C21H22N2O4S. The van der Waals surface area contributed by atoms with Crippen LogP contribution in [-0.2, 0) is 0 Å². The Morgan fingerprint density at radius 1 is 1.14 bits per heavy atom. The maximum atomic E-state index is 13.0. The Morgan fingerprint density at radius 3 is 2.82 bits per heavy atom. The Morgan fingerprint density at radius 2 is 1.96 bits per heavy atom. The van der Waals surface area contributed by atoms with E-state index in [1.807, 2.05) is 30.5 Å². The second kappa shape index (κ2) is 8.14. The Hall–Kier alpha value is -2.67. The average Bonchev–Trinajstić information content (AvgIpc) is 3.21. The summed E-state index contributed by atoms with van der Waals surface area (Å²) in [6.45, 7) is 1.27. The molecule has 1 unspecified atom stereocenters. The Kier molecular flexibility index (Phi) is 5.43. The van der Waals surface area contributed by atoms with Crippen LogP contribution in [-0.4, -0.2) is 42.9 Å². The van der Waals surface area contributed by atoms with E-state index in [9.17, 15) is 9.59 Å². The fraction of sp³-hybridized carbons (Fsp3) is 0.333. The zero-order chi connectivity index (χ0) is 19.5. The lowest BCUT2D eigenvalue weighted by Crippen LogP contribution is -2.44. The highest BCUT2D eigenvalue weighted by atomic mass is 32.2. The Bertz CT molecular complexity index is 902. The zero-order valence-electron chi connectivity index (χ0n) is 15.6. The number of ketones is 1. The predicted octanol–water partition coefficient (Wildman–Crippen LogP) is 4.26. The minimum Gasteiger partial charge on any atom is -0.454 e. The molecule has 2 aliphatic rings. The van der Waals surface area contributed by atoms with E-state index in [1.54, 1.807) is 34.9 Å². The van der Waals surface area contributed by atoms with Gasteiger partial charge in [0.2, 0.25) is 6.79 Å². The number of nitrogens with one attached hydrogen (secondary N) is 1. The maximum Gasteiger partial charge on any atom is 0.321 e. The van der Waals surface area contributed by atoms with Crippen LogP contribution in [0.3, 0.4) is 0 Å². The number of Topliss-reactive ketones (excluding diaryl/α,β-unsaturated/α-hetero) is 1. The molecule has 2 aromatic rings. The van der Waals surface area contributed by atoms with Gasteiger partial charge in [0.25, 0.3) is 0 Å². The number of hydrogen-bond donors (Lipinski definition) is 1. The van der Waals surface area contributed by atoms with E-state index in [-0.39, 0.29) is 24.5 Å². The highest BCUT2D eigenvalue weighted by Gasteiger charge is 2.30. The first-order chi connectivity index (χ1) is 13.7. The molecule has 1 N–H and O–H groups in total. The van der Waals surface area contributed by atoms with E-state index in [4.69, 9.17) is 9.47 Å². The maximum absolute atomic E-state index is 13.0. The van der Waals surface area contributed by atoms with Crippen LogP contribution >= 0.6 is 11.8 Å². The van der Waals surface area contributed by atoms with Crippen LogP contribution in [0, 0.1) is 5.92 Å². The molecule has 1 fully saturated rings. The number of rotatable bonds is 4. The molecule has 1 saturated heterocycles. The topological polar surface area (TPSA) is 67.9 Å². The van der Waals surface area contributed by atoms with Crippen LogP contribution in [0.2, 0.25) is 0 Å². The van der Waals surface area contributed by atoms with Crippen molar-refractivity contribution in [1.82, 2.24) is 4.90 Å². The molecule has 0 saturated carbocycles. The number of thioether (sulfide) groups is 1. The minimum absolute atomic E-state index is 0.116. The fourth-order valence-corrected chi connectivity index (χ4v) is 4.22. The average molecular weight is 398 g/mol. The van der Waals surface area contributed by atoms with Crippen molar-refractivity contribution in [3.05, 3.63) is 48.0 Å². The van der Waals surface area contributed by atoms with Crippen LogP contribution in [0.4, 0.5) is 10.5 Å². The van der Waals surface area contributed by atoms with Gasteiger partial charge < -0.3 is 19.7 Å². The molecule has 1 atom stereocenters. The summed E-state index contributed by atoms with van der Waals surface area (Å²) in [5.74, 6) is 1.24. The van der Waals surface area contributed by atoms with Gasteiger partial charge in [-0.1, -0.05) is 18.2 Å². The first kappa shape index (κ1) is 18.7. The number of anilines is 1. The van der Waals surface area contributed by atoms with Crippen LogP contribution in [0.25, 0.3) is 0 Å². The second-order valence-corrected chi connectivity index (χ2v) is 7.70. The molecule has 2 heterocycles. The molecule has 0 aliphatic carbocycles. The number of piperidine rings is 1. The van der Waals surface area contributed by atoms with Gasteiger partial charge in [-0.25, -0.2) is 4.79 Å². The molecule has 6 nitrogen and oxygen atoms in total. The summed E-state index contributed by atoms with van der Waals surface area (Å²) in [6.07, 6.45) is 3.58. The minimum atomic E-state index is -0.200. The van der Waals surface area contributed by atoms with Crippen molar-refractivity contribution in [3.63, 3.8) is 0 Å². The first-order valence-electron chi connectivity index (χ1n) is 9.28. The second-order valence-electron chi connectivity index (χ2n) is 6.85. The third-order valence-electron chi connectivity index (χ3n) is 5.08. The standard InChI is InChI=1S/C21H22N2O4S/c1-28-19-7-3-2-6-16(19)20(24)14-5-4-10-23(12-14)21(25)22-15-8-9-17-18(11-15)27-13-26-17/h2-3,6-9,11,14H,4-5,10,12-13H2,1H3,(H,22,25). The van der Waals surface area contributed by atoms with Crippen molar-refractivity contribution in [2.24, 2.45) is 5.92 Å². The molecular weight excluding hydrogens is 376 g/mol. The van der Waals surface area contributed by atoms with Gasteiger partial charge in [0.1, 0.15) is 0 Å². The Labute approximate surface area is 168 Å². The van der Waals surface area contributed by atoms with Gasteiger partial charge in [-0.3, -0.25) is 4.79 Å². The zero-order valence-corrected chi connectivity index (χ0v) is 16.5. The van der Waals surface area contributed by atoms with Gasteiger partial charge in [0.05, 0.1) is 0 Å². The largest absolute Gasteiger partial charge is 0.454 e. The highest BCUT2D eigenvalue weighted by molar-refractivity contribution is 7.98. The number of carbonyl (C=O) groups excluding carboxylic acids is 2. The lowest BCUT2D eigenvalue weighted by molar-refractivity contribution is 0.0848. The first-order valence-corrected chi connectivity index (χ1v) is 10.5. The summed E-state index contributed by atoms with van der Waals surface area (Å²) >= 11 is 1.57. The number of likely N-dealkylation sites (tertiary alicyclic amines) is 1. The van der Waals surface area contributed by atoms with Crippen molar-refractivity contribution in [2.75, 3.05) is 31.5 Å². The molecule has 2 aliphatic heterocycles. The normalized spacial score (nSPS) is 18.0. The number of nitrogens with zero attached hydrogens (tertiary/aromatic N) is 1. The number of fused-ring (bicyclic) bond motifs is 1. The molecule has 2 aromatic carbocycles. The SMILES string of the molecule is CSc1ccccc1C(=O)C1CCCN(C(=O)Nc2ccc3c(c2)OCO3)C1. The van der Waals surface area contributed by atoms with Crippen LogP contribution < -0.4 is 14.8 Å². The van der Waals surface area contributed by atoms with E-state index in [0.29, 0.717) is 30.3 Å². The summed E-state index contributed by atoms with van der Waals surface area (Å²) in [4.78, 5) is 28.5. The van der Waals surface area contributed by atoms with Gasteiger partial charge in [0, 0.05) is 41.2 Å². The van der Waals surface area contributed by atoms with Crippen molar-refractivity contribution in [2.45, 2.75) is 17.7 Å². The summed E-state index contributed by atoms with van der Waals surface area (Å²) < 4.78 is 10.6. The van der Waals surface area contributed by atoms with Gasteiger partial charge in [0.15, 0.2) is 17.3 Å². The molecule has 0 radical (unpaired) electrons. The fourth-order valence-electron chi connectivity index (χ4n) is 3.62. The van der Waals surface area contributed by atoms with E-state index >= 15 is 0 Å². The molecule has 146 valence electrons. The lowest BCUT2D eigenvalue weighted by Gasteiger charge is -2.32. The van der Waals surface area contributed by atoms with E-state index < -0.39 is 0 Å². The number of ether oxygens (including phenoxy) is 2. The summed E-state index contributed by atoms with van der Waals surface area (Å²) in [7, 11) is 0. The summed E-state index contributed by atoms with van der Waals surface area (Å²) in [5, 5.41) is 2.90. The predicted molar refractivity (Wildman–Crippen MR) is 108 cm³/mol. The van der Waals surface area contributed by atoms with Crippen molar-refractivity contribution >= 4 is 29.3 Å². The van der Waals surface area contributed by atoms with Gasteiger partial charge >= 0.3 is 6.03 Å². The molecule has 0 bridgehead atoms. The van der Waals surface area contributed by atoms with E-state index in [1.165, 1.54) is 0 Å². The van der Waals surface area contributed by atoms with Gasteiger partial charge in [-0.15, -0.1) is 11.8 Å². The Balaban J connectivity index is 1.43. The van der Waals surface area contributed by atoms with E-state index in [2.05, 4.69) is 5.32 Å². The van der Waals surface area contributed by atoms with Crippen molar-refractivity contribution in [1.29, 1.82) is 0 Å². The van der Waals surface area contributed by atoms with Crippen LogP contribution in [0.5, 0.6) is 11.5 Å². The van der Waals surface area contributed by atoms with E-state index in [0.717, 1.165) is 23.3 Å². The smallest absolute Gasteiger partial charge is 0.321 e. The molecule has 4 rings (SSSR count). The summed E-state index contributed by atoms with van der Waals surface area (Å²) in [6, 6.07) is 12.8. The number of benzene rings is 2.